The van der Waals surface area contributed by atoms with Crippen LogP contribution in [0.4, 0.5) is 13.2 Å². The van der Waals surface area contributed by atoms with E-state index in [2.05, 4.69) is 11.5 Å². The summed E-state index contributed by atoms with van der Waals surface area (Å²) in [5, 5.41) is 9.52. The Balaban J connectivity index is 2.08. The third-order valence-corrected chi connectivity index (χ3v) is 5.96. The van der Waals surface area contributed by atoms with Crippen LogP contribution in [-0.2, 0) is 25.6 Å². The van der Waals surface area contributed by atoms with Crippen molar-refractivity contribution in [2.75, 3.05) is 0 Å². The van der Waals surface area contributed by atoms with Gasteiger partial charge in [-0.15, -0.1) is 0 Å². The maximum atomic E-state index is 13.1. The van der Waals surface area contributed by atoms with E-state index < -0.39 is 17.6 Å². The van der Waals surface area contributed by atoms with Crippen molar-refractivity contribution in [2.45, 2.75) is 58.7 Å². The number of benzene rings is 2. The molecule has 0 fully saturated rings. The largest absolute Gasteiger partial charge is 0.508 e. The summed E-state index contributed by atoms with van der Waals surface area (Å²) in [4.78, 5) is 12.5. The van der Waals surface area contributed by atoms with Crippen LogP contribution in [0.1, 0.15) is 59.1 Å². The second kappa shape index (κ2) is 10.1. The number of phenols is 1. The molecule has 0 atom stereocenters. The van der Waals surface area contributed by atoms with Crippen LogP contribution in [0.2, 0.25) is 0 Å². The fraction of sp³-hybridized carbons (Fsp3) is 0.346. The van der Waals surface area contributed by atoms with E-state index >= 15 is 0 Å². The molecule has 3 N–H and O–H groups in total. The molecule has 2 aromatic carbocycles. The molecule has 3 aromatic rings. The summed E-state index contributed by atoms with van der Waals surface area (Å²) in [6.07, 6.45) is -0.160. The van der Waals surface area contributed by atoms with Gasteiger partial charge in [0.1, 0.15) is 5.75 Å². The van der Waals surface area contributed by atoms with E-state index in [4.69, 9.17) is 5.73 Å². The summed E-state index contributed by atoms with van der Waals surface area (Å²) in [5.74, 6) is -0.403. The molecule has 0 unspecified atom stereocenters. The molecule has 4 nitrogen and oxygen atoms in total. The number of unbranched alkanes of at least 4 members (excludes halogenated alkanes) is 2. The van der Waals surface area contributed by atoms with Gasteiger partial charge in [0.15, 0.2) is 0 Å². The average Bonchev–Trinajstić information content (AvgIpc) is 3.04. The van der Waals surface area contributed by atoms with Crippen molar-refractivity contribution in [3.8, 4) is 16.9 Å². The molecular formula is C26H29F3N2O2. The van der Waals surface area contributed by atoms with Crippen molar-refractivity contribution >= 4 is 5.91 Å². The van der Waals surface area contributed by atoms with Crippen molar-refractivity contribution in [2.24, 2.45) is 5.73 Å². The lowest BCUT2D eigenvalue weighted by Gasteiger charge is -2.14. The fourth-order valence-corrected chi connectivity index (χ4v) is 4.24. The third-order valence-electron chi connectivity index (χ3n) is 5.96. The van der Waals surface area contributed by atoms with Crippen LogP contribution in [0.25, 0.3) is 11.1 Å². The summed E-state index contributed by atoms with van der Waals surface area (Å²) in [7, 11) is 0. The summed E-state index contributed by atoms with van der Waals surface area (Å²) in [5.41, 5.74) is 9.19. The zero-order valence-electron chi connectivity index (χ0n) is 18.9. The lowest BCUT2D eigenvalue weighted by Crippen LogP contribution is -2.14. The summed E-state index contributed by atoms with van der Waals surface area (Å²) in [6.45, 7) is 4.51. The van der Waals surface area contributed by atoms with Crippen molar-refractivity contribution in [3.63, 3.8) is 0 Å². The first-order valence-electron chi connectivity index (χ1n) is 11.1. The highest BCUT2D eigenvalue weighted by atomic mass is 19.4. The molecular weight excluding hydrogens is 429 g/mol. The maximum absolute atomic E-state index is 13.1. The van der Waals surface area contributed by atoms with Gasteiger partial charge in [-0.2, -0.15) is 13.2 Å². The maximum Gasteiger partial charge on any atom is 0.416 e. The highest BCUT2D eigenvalue weighted by molar-refractivity contribution is 6.02. The Morgan fingerprint density at radius 2 is 1.64 bits per heavy atom. The van der Waals surface area contributed by atoms with Crippen LogP contribution in [0.3, 0.4) is 0 Å². The highest BCUT2D eigenvalue weighted by Gasteiger charge is 2.31. The standard InChI is InChI=1S/C26H29F3N2O2/c1-3-4-5-6-22-24(19-9-11-20(12-10-19)26(27,28)29)23(25(30)33)17(2)31(22)16-15-18-7-13-21(32)14-8-18/h7-14,32H,3-6,15-16H2,1-2H3,(H2,30,33). The number of halogens is 3. The van der Waals surface area contributed by atoms with E-state index in [1.165, 1.54) is 12.1 Å². The van der Waals surface area contributed by atoms with Gasteiger partial charge < -0.3 is 15.4 Å². The molecule has 0 spiro atoms. The molecule has 0 aliphatic rings. The number of aromatic nitrogens is 1. The molecule has 3 rings (SSSR count). The van der Waals surface area contributed by atoms with Crippen molar-refractivity contribution in [3.05, 3.63) is 76.6 Å². The minimum atomic E-state index is -4.43. The van der Waals surface area contributed by atoms with E-state index in [0.29, 0.717) is 41.8 Å². The minimum Gasteiger partial charge on any atom is -0.508 e. The van der Waals surface area contributed by atoms with Gasteiger partial charge in [-0.1, -0.05) is 44.0 Å². The van der Waals surface area contributed by atoms with Crippen molar-refractivity contribution < 1.29 is 23.1 Å². The first-order chi connectivity index (χ1) is 15.6. The molecule has 1 aromatic heterocycles. The van der Waals surface area contributed by atoms with Gasteiger partial charge in [0, 0.05) is 23.5 Å². The molecule has 0 saturated heterocycles. The van der Waals surface area contributed by atoms with E-state index in [1.807, 2.05) is 19.1 Å². The lowest BCUT2D eigenvalue weighted by molar-refractivity contribution is -0.137. The predicted octanol–water partition coefficient (Wildman–Crippen LogP) is 6.26. The van der Waals surface area contributed by atoms with Crippen molar-refractivity contribution in [1.29, 1.82) is 0 Å². The number of carbonyl (C=O) groups is 1. The monoisotopic (exact) mass is 458 g/mol. The molecule has 0 radical (unpaired) electrons. The second-order valence-corrected chi connectivity index (χ2v) is 8.25. The summed E-state index contributed by atoms with van der Waals surface area (Å²) >= 11 is 0. The number of aromatic hydroxyl groups is 1. The van der Waals surface area contributed by atoms with Gasteiger partial charge in [0.25, 0.3) is 5.91 Å². The highest BCUT2D eigenvalue weighted by Crippen LogP contribution is 2.36. The Labute approximate surface area is 191 Å². The topological polar surface area (TPSA) is 68.2 Å². The first kappa shape index (κ1) is 24.4. The van der Waals surface area contributed by atoms with E-state index in [-0.39, 0.29) is 5.75 Å². The van der Waals surface area contributed by atoms with Crippen LogP contribution in [0.5, 0.6) is 5.75 Å². The van der Waals surface area contributed by atoms with Gasteiger partial charge in [-0.3, -0.25) is 4.79 Å². The normalized spacial score (nSPS) is 11.7. The Kier molecular flexibility index (Phi) is 7.51. The van der Waals surface area contributed by atoms with Crippen LogP contribution in [0, 0.1) is 6.92 Å². The van der Waals surface area contributed by atoms with Crippen LogP contribution in [0.15, 0.2) is 48.5 Å². The minimum absolute atomic E-state index is 0.191. The summed E-state index contributed by atoms with van der Waals surface area (Å²) < 4.78 is 41.3. The van der Waals surface area contributed by atoms with Crippen molar-refractivity contribution in [1.82, 2.24) is 4.57 Å². The van der Waals surface area contributed by atoms with Gasteiger partial charge >= 0.3 is 6.18 Å². The smallest absolute Gasteiger partial charge is 0.416 e. The Hall–Kier alpha value is -3.22. The molecule has 0 saturated carbocycles. The molecule has 0 aliphatic heterocycles. The average molecular weight is 459 g/mol. The van der Waals surface area contributed by atoms with Crippen LogP contribution in [-0.4, -0.2) is 15.6 Å². The number of primary amides is 1. The number of aryl methyl sites for hydroxylation is 1. The Morgan fingerprint density at radius 1 is 1.00 bits per heavy atom. The quantitative estimate of drug-likeness (QED) is 0.372. The van der Waals surface area contributed by atoms with E-state index in [0.717, 1.165) is 42.7 Å². The molecule has 1 amide bonds. The number of hydrogen-bond donors (Lipinski definition) is 2. The van der Waals surface area contributed by atoms with E-state index in [1.54, 1.807) is 12.1 Å². The number of phenolic OH excluding ortho intramolecular Hbond substituents is 1. The number of hydrogen-bond acceptors (Lipinski definition) is 2. The SMILES string of the molecule is CCCCCc1c(-c2ccc(C(F)(F)F)cc2)c(C(N)=O)c(C)n1CCc1ccc(O)cc1. The van der Waals surface area contributed by atoms with Crippen LogP contribution < -0.4 is 5.73 Å². The van der Waals surface area contributed by atoms with Gasteiger partial charge in [-0.25, -0.2) is 0 Å². The summed E-state index contributed by atoms with van der Waals surface area (Å²) in [6, 6.07) is 11.9. The number of amides is 1. The number of nitrogens with two attached hydrogens (primary N) is 1. The zero-order chi connectivity index (χ0) is 24.2. The number of rotatable bonds is 9. The Morgan fingerprint density at radius 3 is 2.18 bits per heavy atom. The second-order valence-electron chi connectivity index (χ2n) is 8.25. The number of nitrogens with zero attached hydrogens (tertiary/aromatic N) is 1. The fourth-order valence-electron chi connectivity index (χ4n) is 4.24. The molecule has 1 heterocycles. The third kappa shape index (κ3) is 5.59. The molecule has 0 aliphatic carbocycles. The van der Waals surface area contributed by atoms with E-state index in [9.17, 15) is 23.1 Å². The zero-order valence-corrected chi connectivity index (χ0v) is 18.9. The molecule has 33 heavy (non-hydrogen) atoms. The molecule has 176 valence electrons. The lowest BCUT2D eigenvalue weighted by atomic mass is 9.96. The predicted molar refractivity (Wildman–Crippen MR) is 123 cm³/mol. The first-order valence-corrected chi connectivity index (χ1v) is 11.1. The Bertz CT molecular complexity index is 1100. The van der Waals surface area contributed by atoms with Gasteiger partial charge in [0.2, 0.25) is 0 Å². The van der Waals surface area contributed by atoms with Crippen LogP contribution >= 0.6 is 0 Å². The number of alkyl halides is 3. The van der Waals surface area contributed by atoms with Gasteiger partial charge in [0.05, 0.1) is 11.1 Å². The molecule has 7 heteroatoms. The molecule has 0 bridgehead atoms. The van der Waals surface area contributed by atoms with Gasteiger partial charge in [-0.05, 0) is 61.6 Å². The number of carbonyl (C=O) groups excluding carboxylic acids is 1.